The molecule has 1 saturated heterocycles. The van der Waals surface area contributed by atoms with Crippen molar-refractivity contribution in [3.8, 4) is 5.75 Å². The van der Waals surface area contributed by atoms with Crippen LogP contribution in [0.1, 0.15) is 13.8 Å². The van der Waals surface area contributed by atoms with Gasteiger partial charge in [-0.2, -0.15) is 0 Å². The Balaban J connectivity index is 2.37. The average Bonchev–Trinajstić information content (AvgIpc) is 2.71. The van der Waals surface area contributed by atoms with Crippen LogP contribution in [0.15, 0.2) is 23.1 Å². The summed E-state index contributed by atoms with van der Waals surface area (Å²) >= 11 is 5.96. The summed E-state index contributed by atoms with van der Waals surface area (Å²) in [6.07, 6.45) is 0. The van der Waals surface area contributed by atoms with Gasteiger partial charge in [-0.15, -0.1) is 11.6 Å². The molecule has 1 aromatic rings. The number of sulfone groups is 1. The third kappa shape index (κ3) is 5.06. The van der Waals surface area contributed by atoms with Crippen molar-refractivity contribution in [2.45, 2.75) is 30.2 Å². The molecular formula is C14H19ClN2O6S2. The largest absolute Gasteiger partial charge is 0.492 e. The maximum Gasteiger partial charge on any atom is 0.244 e. The number of carbonyl (C=O) groups is 1. The van der Waals surface area contributed by atoms with Crippen LogP contribution in [0.5, 0.6) is 5.75 Å². The number of sulfonamides is 1. The van der Waals surface area contributed by atoms with Gasteiger partial charge in [-0.05, 0) is 25.1 Å². The molecule has 0 radical (unpaired) electrons. The number of hydrogen-bond acceptors (Lipinski definition) is 6. The van der Waals surface area contributed by atoms with Crippen molar-refractivity contribution >= 4 is 43.1 Å². The first-order valence-electron chi connectivity index (χ1n) is 7.45. The topological polar surface area (TPSA) is 119 Å². The number of carbonyl (C=O) groups excluding carboxylic acids is 1. The number of rotatable bonds is 6. The molecule has 11 heteroatoms. The van der Waals surface area contributed by atoms with E-state index in [4.69, 9.17) is 16.3 Å². The molecule has 0 spiro atoms. The lowest BCUT2D eigenvalue weighted by Crippen LogP contribution is -2.40. The smallest absolute Gasteiger partial charge is 0.244 e. The van der Waals surface area contributed by atoms with Crippen molar-refractivity contribution in [1.29, 1.82) is 0 Å². The normalized spacial score (nSPS) is 22.5. The molecule has 1 amide bonds. The second-order valence-electron chi connectivity index (χ2n) is 5.60. The molecule has 1 fully saturated rings. The maximum atomic E-state index is 12.7. The maximum absolute atomic E-state index is 12.7. The van der Waals surface area contributed by atoms with Gasteiger partial charge in [0.05, 0.1) is 29.5 Å². The van der Waals surface area contributed by atoms with Gasteiger partial charge in [0.2, 0.25) is 15.9 Å². The van der Waals surface area contributed by atoms with E-state index in [9.17, 15) is 21.6 Å². The van der Waals surface area contributed by atoms with Crippen molar-refractivity contribution in [2.75, 3.05) is 23.4 Å². The number of anilines is 1. The van der Waals surface area contributed by atoms with Crippen molar-refractivity contribution in [2.24, 2.45) is 0 Å². The van der Waals surface area contributed by atoms with Gasteiger partial charge in [0.1, 0.15) is 10.6 Å². The molecule has 2 unspecified atom stereocenters. The molecule has 2 rings (SSSR count). The molecule has 2 atom stereocenters. The Labute approximate surface area is 151 Å². The zero-order valence-corrected chi connectivity index (χ0v) is 16.0. The summed E-state index contributed by atoms with van der Waals surface area (Å²) in [6.45, 7) is 3.23. The molecule has 1 aromatic carbocycles. The Kier molecular flexibility index (Phi) is 5.97. The molecule has 0 bridgehead atoms. The first-order valence-corrected chi connectivity index (χ1v) is 11.2. The zero-order valence-electron chi connectivity index (χ0n) is 13.7. The summed E-state index contributed by atoms with van der Waals surface area (Å²) in [5, 5.41) is 1.64. The van der Waals surface area contributed by atoms with Crippen LogP contribution < -0.4 is 14.8 Å². The van der Waals surface area contributed by atoms with Gasteiger partial charge in [-0.3, -0.25) is 4.79 Å². The lowest BCUT2D eigenvalue weighted by atomic mass is 10.3. The number of hydrogen-bond donors (Lipinski definition) is 2. The van der Waals surface area contributed by atoms with E-state index < -0.39 is 31.3 Å². The Bertz CT molecular complexity index is 869. The zero-order chi connectivity index (χ0) is 18.8. The van der Waals surface area contributed by atoms with Crippen LogP contribution in [0.3, 0.4) is 0 Å². The number of halogens is 1. The standard InChI is InChI=1S/C14H19ClN2O6S2/c1-3-23-13-5-4-10(16-9(2)18)6-14(13)25(21,22)17-12-8-24(19,20)7-11(12)15/h4-6,11-12,17H,3,7-8H2,1-2H3,(H,16,18). The SMILES string of the molecule is CCOc1ccc(NC(C)=O)cc1S(=O)(=O)NC1CS(=O)(=O)CC1Cl. The summed E-state index contributed by atoms with van der Waals surface area (Å²) < 4.78 is 56.4. The van der Waals surface area contributed by atoms with Crippen molar-refractivity contribution in [3.05, 3.63) is 18.2 Å². The molecule has 0 aliphatic carbocycles. The predicted molar refractivity (Wildman–Crippen MR) is 94.3 cm³/mol. The van der Waals surface area contributed by atoms with Crippen LogP contribution in [-0.2, 0) is 24.7 Å². The highest BCUT2D eigenvalue weighted by atomic mass is 35.5. The minimum absolute atomic E-state index is 0.0936. The third-order valence-electron chi connectivity index (χ3n) is 3.44. The first kappa shape index (κ1) is 20.0. The number of nitrogens with one attached hydrogen (secondary N) is 2. The van der Waals surface area contributed by atoms with Crippen molar-refractivity contribution in [1.82, 2.24) is 4.72 Å². The van der Waals surface area contributed by atoms with E-state index in [1.807, 2.05) is 0 Å². The molecule has 2 N–H and O–H groups in total. The fraction of sp³-hybridized carbons (Fsp3) is 0.500. The van der Waals surface area contributed by atoms with Crippen LogP contribution >= 0.6 is 11.6 Å². The molecule has 1 aliphatic rings. The molecule has 140 valence electrons. The molecule has 1 heterocycles. The van der Waals surface area contributed by atoms with E-state index in [-0.39, 0.29) is 40.4 Å². The fourth-order valence-electron chi connectivity index (χ4n) is 2.45. The van der Waals surface area contributed by atoms with E-state index in [1.54, 1.807) is 6.92 Å². The van der Waals surface area contributed by atoms with E-state index in [2.05, 4.69) is 10.0 Å². The van der Waals surface area contributed by atoms with Gasteiger partial charge in [0.25, 0.3) is 0 Å². The number of ether oxygens (including phenoxy) is 1. The molecule has 0 aromatic heterocycles. The highest BCUT2D eigenvalue weighted by Gasteiger charge is 2.39. The Hall–Kier alpha value is -1.36. The van der Waals surface area contributed by atoms with Gasteiger partial charge in [0.15, 0.2) is 9.84 Å². The number of amides is 1. The monoisotopic (exact) mass is 410 g/mol. The van der Waals surface area contributed by atoms with Crippen molar-refractivity contribution < 1.29 is 26.4 Å². The van der Waals surface area contributed by atoms with Crippen molar-refractivity contribution in [3.63, 3.8) is 0 Å². The lowest BCUT2D eigenvalue weighted by molar-refractivity contribution is -0.114. The predicted octanol–water partition coefficient (Wildman–Crippen LogP) is 0.726. The van der Waals surface area contributed by atoms with Crippen LogP contribution in [0.2, 0.25) is 0 Å². The highest BCUT2D eigenvalue weighted by molar-refractivity contribution is 7.92. The number of alkyl halides is 1. The molecule has 25 heavy (non-hydrogen) atoms. The summed E-state index contributed by atoms with van der Waals surface area (Å²) in [6, 6.07) is 3.25. The van der Waals surface area contributed by atoms with E-state index in [0.717, 1.165) is 0 Å². The van der Waals surface area contributed by atoms with E-state index in [1.165, 1.54) is 25.1 Å². The first-order chi connectivity index (χ1) is 11.5. The summed E-state index contributed by atoms with van der Waals surface area (Å²) in [5.41, 5.74) is 0.276. The molecule has 0 saturated carbocycles. The third-order valence-corrected chi connectivity index (χ3v) is 7.33. The van der Waals surface area contributed by atoms with Gasteiger partial charge >= 0.3 is 0 Å². The number of benzene rings is 1. The Morgan fingerprint density at radius 2 is 2.04 bits per heavy atom. The van der Waals surface area contributed by atoms with Crippen LogP contribution in [0, 0.1) is 0 Å². The molecule has 1 aliphatic heterocycles. The van der Waals surface area contributed by atoms with Gasteiger partial charge in [0, 0.05) is 12.6 Å². The summed E-state index contributed by atoms with van der Waals surface area (Å²) in [7, 11) is -7.50. The van der Waals surface area contributed by atoms with Gasteiger partial charge in [-0.25, -0.2) is 21.6 Å². The molecule has 8 nitrogen and oxygen atoms in total. The quantitative estimate of drug-likeness (QED) is 0.667. The minimum atomic E-state index is -4.11. The average molecular weight is 411 g/mol. The second kappa shape index (κ2) is 7.48. The summed E-state index contributed by atoms with van der Waals surface area (Å²) in [4.78, 5) is 11.0. The summed E-state index contributed by atoms with van der Waals surface area (Å²) in [5.74, 6) is -0.916. The minimum Gasteiger partial charge on any atom is -0.492 e. The lowest BCUT2D eigenvalue weighted by Gasteiger charge is -2.17. The second-order valence-corrected chi connectivity index (χ2v) is 9.99. The van der Waals surface area contributed by atoms with Crippen LogP contribution in [0.25, 0.3) is 0 Å². The van der Waals surface area contributed by atoms with Crippen LogP contribution in [0.4, 0.5) is 5.69 Å². The Morgan fingerprint density at radius 3 is 2.56 bits per heavy atom. The van der Waals surface area contributed by atoms with Gasteiger partial charge in [-0.1, -0.05) is 0 Å². The van der Waals surface area contributed by atoms with Crippen LogP contribution in [-0.4, -0.2) is 52.3 Å². The van der Waals surface area contributed by atoms with Gasteiger partial charge < -0.3 is 10.1 Å². The van der Waals surface area contributed by atoms with E-state index in [0.29, 0.717) is 0 Å². The highest BCUT2D eigenvalue weighted by Crippen LogP contribution is 2.29. The van der Waals surface area contributed by atoms with E-state index >= 15 is 0 Å². The fourth-order valence-corrected chi connectivity index (χ4v) is 6.63. The molecular weight excluding hydrogens is 392 g/mol. The Morgan fingerprint density at radius 1 is 1.36 bits per heavy atom.